The van der Waals surface area contributed by atoms with Gasteiger partial charge in [0.25, 0.3) is 0 Å². The fourth-order valence-corrected chi connectivity index (χ4v) is 3.25. The van der Waals surface area contributed by atoms with Gasteiger partial charge in [-0.3, -0.25) is 0 Å². The molecule has 0 aliphatic rings. The minimum atomic E-state index is 0.897. The summed E-state index contributed by atoms with van der Waals surface area (Å²) >= 11 is 1.64. The third-order valence-corrected chi connectivity index (χ3v) is 4.33. The Hall–Kier alpha value is -2.53. The Morgan fingerprint density at radius 2 is 1.10 bits per heavy atom. The highest BCUT2D eigenvalue weighted by Gasteiger charge is 2.08. The molecule has 0 fully saturated rings. The van der Waals surface area contributed by atoms with Gasteiger partial charge in [-0.1, -0.05) is 48.2 Å². The Bertz CT molecular complexity index is 851. The van der Waals surface area contributed by atoms with Crippen LogP contribution in [0.5, 0.6) is 0 Å². The monoisotopic (exact) mass is 290 g/mol. The zero-order chi connectivity index (χ0) is 14.1. The summed E-state index contributed by atoms with van der Waals surface area (Å²) in [6, 6.07) is 16.0. The molecule has 0 atom stereocenters. The van der Waals surface area contributed by atoms with Crippen molar-refractivity contribution >= 4 is 33.6 Å². The Morgan fingerprint density at radius 1 is 0.619 bits per heavy atom. The molecule has 4 nitrogen and oxygen atoms in total. The van der Waals surface area contributed by atoms with Crippen LogP contribution in [-0.4, -0.2) is 20.4 Å². The van der Waals surface area contributed by atoms with Crippen LogP contribution in [0.25, 0.3) is 21.8 Å². The molecule has 21 heavy (non-hydrogen) atoms. The maximum Gasteiger partial charge on any atom is 0.0941 e. The third-order valence-electron chi connectivity index (χ3n) is 3.24. The lowest BCUT2D eigenvalue weighted by Gasteiger charge is -2.06. The van der Waals surface area contributed by atoms with E-state index in [4.69, 9.17) is 0 Å². The summed E-state index contributed by atoms with van der Waals surface area (Å²) in [5.41, 5.74) is 1.79. The van der Waals surface area contributed by atoms with E-state index in [1.165, 1.54) is 0 Å². The lowest BCUT2D eigenvalue weighted by molar-refractivity contribution is 1.04. The van der Waals surface area contributed by atoms with Crippen molar-refractivity contribution in [2.75, 3.05) is 0 Å². The molecule has 0 bridgehead atoms. The molecule has 5 heteroatoms. The highest BCUT2D eigenvalue weighted by Crippen LogP contribution is 2.35. The molecule has 4 rings (SSSR count). The summed E-state index contributed by atoms with van der Waals surface area (Å²) in [6.07, 6.45) is 3.59. The van der Waals surface area contributed by atoms with Crippen molar-refractivity contribution in [1.82, 2.24) is 20.4 Å². The lowest BCUT2D eigenvalue weighted by Crippen LogP contribution is -1.88. The summed E-state index contributed by atoms with van der Waals surface area (Å²) in [6.45, 7) is 0. The van der Waals surface area contributed by atoms with Gasteiger partial charge in [0.2, 0.25) is 0 Å². The van der Waals surface area contributed by atoms with Crippen molar-refractivity contribution < 1.29 is 0 Å². The van der Waals surface area contributed by atoms with Gasteiger partial charge in [0.1, 0.15) is 0 Å². The van der Waals surface area contributed by atoms with Crippen molar-refractivity contribution in [3.63, 3.8) is 0 Å². The number of benzene rings is 2. The maximum absolute atomic E-state index is 4.15. The van der Waals surface area contributed by atoms with Crippen LogP contribution < -0.4 is 0 Å². The molecule has 0 unspecified atom stereocenters. The maximum atomic E-state index is 4.15. The van der Waals surface area contributed by atoms with Crippen LogP contribution in [0.15, 0.2) is 70.7 Å². The Labute approximate surface area is 125 Å². The zero-order valence-corrected chi connectivity index (χ0v) is 11.8. The molecule has 4 aromatic rings. The molecule has 0 N–H and O–H groups in total. The van der Waals surface area contributed by atoms with Gasteiger partial charge < -0.3 is 0 Å². The van der Waals surface area contributed by atoms with Gasteiger partial charge in [0.05, 0.1) is 23.4 Å². The molecule has 2 aromatic heterocycles. The zero-order valence-electron chi connectivity index (χ0n) is 11.0. The first kappa shape index (κ1) is 12.2. The minimum Gasteiger partial charge on any atom is -0.157 e. The Kier molecular flexibility index (Phi) is 2.97. The molecular weight excluding hydrogens is 280 g/mol. The van der Waals surface area contributed by atoms with Crippen molar-refractivity contribution in [1.29, 1.82) is 0 Å². The van der Waals surface area contributed by atoms with E-state index in [1.807, 2.05) is 36.4 Å². The molecular formula is C16H10N4S. The van der Waals surface area contributed by atoms with Crippen LogP contribution in [0.3, 0.4) is 0 Å². The van der Waals surface area contributed by atoms with Gasteiger partial charge in [-0.25, -0.2) is 0 Å². The van der Waals surface area contributed by atoms with E-state index in [1.54, 1.807) is 24.2 Å². The number of fused-ring (bicyclic) bond motifs is 2. The minimum absolute atomic E-state index is 0.897. The van der Waals surface area contributed by atoms with E-state index in [2.05, 4.69) is 32.5 Å². The highest BCUT2D eigenvalue weighted by molar-refractivity contribution is 7.99. The number of hydrogen-bond acceptors (Lipinski definition) is 5. The quantitative estimate of drug-likeness (QED) is 0.563. The number of rotatable bonds is 2. The van der Waals surface area contributed by atoms with Crippen LogP contribution in [-0.2, 0) is 0 Å². The highest BCUT2D eigenvalue weighted by atomic mass is 32.2. The molecule has 2 heterocycles. The fourth-order valence-electron chi connectivity index (χ4n) is 2.25. The average molecular weight is 290 g/mol. The normalized spacial score (nSPS) is 11.0. The van der Waals surface area contributed by atoms with Crippen molar-refractivity contribution in [3.05, 3.63) is 60.9 Å². The Balaban J connectivity index is 1.87. The second-order valence-corrected chi connectivity index (χ2v) is 5.64. The summed E-state index contributed by atoms with van der Waals surface area (Å²) in [7, 11) is 0. The standard InChI is InChI=1S/C16H10N4S/c1-3-7-13-11(5-1)15(9-17-19-13)21-16-10-18-20-14-8-4-2-6-12(14)16/h1-10H. The van der Waals surface area contributed by atoms with Gasteiger partial charge in [0.15, 0.2) is 0 Å². The van der Waals surface area contributed by atoms with E-state index in [-0.39, 0.29) is 0 Å². The molecule has 2 aromatic carbocycles. The summed E-state index contributed by atoms with van der Waals surface area (Å²) in [4.78, 5) is 2.14. The lowest BCUT2D eigenvalue weighted by atomic mass is 10.2. The van der Waals surface area contributed by atoms with E-state index in [9.17, 15) is 0 Å². The summed E-state index contributed by atoms with van der Waals surface area (Å²) in [5.74, 6) is 0. The molecule has 0 aliphatic carbocycles. The first-order valence-electron chi connectivity index (χ1n) is 6.50. The number of hydrogen-bond donors (Lipinski definition) is 0. The van der Waals surface area contributed by atoms with Crippen molar-refractivity contribution in [3.8, 4) is 0 Å². The Morgan fingerprint density at radius 3 is 1.62 bits per heavy atom. The smallest absolute Gasteiger partial charge is 0.0941 e. The summed E-state index contributed by atoms with van der Waals surface area (Å²) in [5, 5.41) is 18.7. The second-order valence-electron chi connectivity index (χ2n) is 4.55. The molecule has 0 amide bonds. The van der Waals surface area contributed by atoms with Crippen LogP contribution in [0.4, 0.5) is 0 Å². The van der Waals surface area contributed by atoms with Gasteiger partial charge in [-0.2, -0.15) is 20.4 Å². The molecule has 0 spiro atoms. The van der Waals surface area contributed by atoms with Gasteiger partial charge >= 0.3 is 0 Å². The SMILES string of the molecule is c1ccc2c(Sc3cnnc4ccccc34)cnnc2c1. The summed E-state index contributed by atoms with van der Waals surface area (Å²) < 4.78 is 0. The molecule has 0 aliphatic heterocycles. The molecule has 100 valence electrons. The average Bonchev–Trinajstić information content (AvgIpc) is 2.56. The van der Waals surface area contributed by atoms with Crippen LogP contribution in [0.1, 0.15) is 0 Å². The van der Waals surface area contributed by atoms with E-state index in [0.717, 1.165) is 31.6 Å². The second kappa shape index (κ2) is 5.10. The molecule has 0 saturated heterocycles. The van der Waals surface area contributed by atoms with Crippen LogP contribution in [0.2, 0.25) is 0 Å². The predicted molar refractivity (Wildman–Crippen MR) is 83.2 cm³/mol. The van der Waals surface area contributed by atoms with Crippen LogP contribution in [0, 0.1) is 0 Å². The number of aromatic nitrogens is 4. The van der Waals surface area contributed by atoms with Crippen LogP contribution >= 0.6 is 11.8 Å². The van der Waals surface area contributed by atoms with Gasteiger partial charge in [-0.05, 0) is 12.1 Å². The van der Waals surface area contributed by atoms with Gasteiger partial charge in [0, 0.05) is 20.6 Å². The molecule has 0 radical (unpaired) electrons. The van der Waals surface area contributed by atoms with E-state index in [0.29, 0.717) is 0 Å². The van der Waals surface area contributed by atoms with Gasteiger partial charge in [-0.15, -0.1) is 0 Å². The fraction of sp³-hybridized carbons (Fsp3) is 0. The number of nitrogens with zero attached hydrogens (tertiary/aromatic N) is 4. The first-order chi connectivity index (χ1) is 10.4. The molecule has 0 saturated carbocycles. The predicted octanol–water partition coefficient (Wildman–Crippen LogP) is 3.72. The first-order valence-corrected chi connectivity index (χ1v) is 7.32. The largest absolute Gasteiger partial charge is 0.157 e. The van der Waals surface area contributed by atoms with Crippen molar-refractivity contribution in [2.45, 2.75) is 9.79 Å². The van der Waals surface area contributed by atoms with E-state index < -0.39 is 0 Å². The van der Waals surface area contributed by atoms with E-state index >= 15 is 0 Å². The van der Waals surface area contributed by atoms with Crippen molar-refractivity contribution in [2.24, 2.45) is 0 Å². The third kappa shape index (κ3) is 2.21. The topological polar surface area (TPSA) is 51.6 Å².